The Bertz CT molecular complexity index is 744. The molecule has 0 radical (unpaired) electrons. The van der Waals surface area contributed by atoms with Gasteiger partial charge in [0.05, 0.1) is 11.4 Å². The van der Waals surface area contributed by atoms with E-state index in [9.17, 15) is 18.0 Å². The van der Waals surface area contributed by atoms with Gasteiger partial charge in [0.2, 0.25) is 15.9 Å². The van der Waals surface area contributed by atoms with Crippen LogP contribution in [0.1, 0.15) is 10.4 Å². The highest BCUT2D eigenvalue weighted by atomic mass is 32.2. The van der Waals surface area contributed by atoms with E-state index in [0.29, 0.717) is 18.7 Å². The van der Waals surface area contributed by atoms with Gasteiger partial charge in [0.25, 0.3) is 5.91 Å². The predicted molar refractivity (Wildman–Crippen MR) is 87.0 cm³/mol. The first-order valence-corrected chi connectivity index (χ1v) is 9.29. The van der Waals surface area contributed by atoms with Crippen LogP contribution in [-0.2, 0) is 14.8 Å². The Kier molecular flexibility index (Phi) is 4.83. The van der Waals surface area contributed by atoms with Gasteiger partial charge in [-0.25, -0.2) is 8.42 Å². The van der Waals surface area contributed by atoms with Crippen molar-refractivity contribution in [3.05, 3.63) is 29.8 Å². The molecule has 2 aliphatic rings. The standard InChI is InChI=1S/C15H20N4O4S/c20-14-11-19(9-6-17-14)24(22,23)13-3-1-2-12(10-13)15(21)18-7-4-16-5-8-18/h1-3,10,16H,4-9,11H2,(H,17,20). The van der Waals surface area contributed by atoms with Crippen LogP contribution in [0.2, 0.25) is 0 Å². The average Bonchev–Trinajstić information content (AvgIpc) is 2.62. The SMILES string of the molecule is O=C1CN(S(=O)(=O)c2cccc(C(=O)N3CCNCC3)c2)CCN1. The molecule has 0 spiro atoms. The molecule has 9 heteroatoms. The molecule has 1 aromatic rings. The first kappa shape index (κ1) is 16.9. The Morgan fingerprint density at radius 1 is 1.08 bits per heavy atom. The van der Waals surface area contributed by atoms with Gasteiger partial charge in [-0.15, -0.1) is 0 Å². The van der Waals surface area contributed by atoms with Crippen LogP contribution in [0.3, 0.4) is 0 Å². The molecule has 1 aromatic carbocycles. The smallest absolute Gasteiger partial charge is 0.253 e. The molecule has 0 aliphatic carbocycles. The Morgan fingerprint density at radius 3 is 2.54 bits per heavy atom. The van der Waals surface area contributed by atoms with Gasteiger partial charge < -0.3 is 15.5 Å². The largest absolute Gasteiger partial charge is 0.354 e. The second-order valence-electron chi connectivity index (χ2n) is 5.76. The molecule has 2 fully saturated rings. The normalized spacial score (nSPS) is 19.8. The third-order valence-electron chi connectivity index (χ3n) is 4.13. The Labute approximate surface area is 140 Å². The van der Waals surface area contributed by atoms with Crippen molar-refractivity contribution in [1.29, 1.82) is 0 Å². The molecule has 2 N–H and O–H groups in total. The maximum atomic E-state index is 12.7. The summed E-state index contributed by atoms with van der Waals surface area (Å²) in [4.78, 5) is 25.7. The Balaban J connectivity index is 1.84. The van der Waals surface area contributed by atoms with Gasteiger partial charge in [-0.05, 0) is 18.2 Å². The van der Waals surface area contributed by atoms with Crippen LogP contribution >= 0.6 is 0 Å². The van der Waals surface area contributed by atoms with E-state index in [1.807, 2.05) is 0 Å². The van der Waals surface area contributed by atoms with Crippen molar-refractivity contribution in [1.82, 2.24) is 19.8 Å². The molecule has 8 nitrogen and oxygen atoms in total. The molecular weight excluding hydrogens is 332 g/mol. The fourth-order valence-corrected chi connectivity index (χ4v) is 4.25. The summed E-state index contributed by atoms with van der Waals surface area (Å²) < 4.78 is 26.5. The molecule has 3 rings (SSSR count). The molecule has 2 heterocycles. The highest BCUT2D eigenvalue weighted by Crippen LogP contribution is 2.19. The lowest BCUT2D eigenvalue weighted by molar-refractivity contribution is -0.122. The zero-order valence-electron chi connectivity index (χ0n) is 13.2. The summed E-state index contributed by atoms with van der Waals surface area (Å²) in [6.07, 6.45) is 0. The lowest BCUT2D eigenvalue weighted by Crippen LogP contribution is -2.49. The number of hydrogen-bond acceptors (Lipinski definition) is 5. The number of carbonyl (C=O) groups excluding carboxylic acids is 2. The summed E-state index contributed by atoms with van der Waals surface area (Å²) in [6, 6.07) is 6.03. The molecule has 0 saturated carbocycles. The molecule has 2 aliphatic heterocycles. The monoisotopic (exact) mass is 352 g/mol. The Morgan fingerprint density at radius 2 is 1.83 bits per heavy atom. The number of amides is 2. The summed E-state index contributed by atoms with van der Waals surface area (Å²) in [5, 5.41) is 5.77. The van der Waals surface area contributed by atoms with Gasteiger partial charge >= 0.3 is 0 Å². The van der Waals surface area contributed by atoms with Crippen LogP contribution < -0.4 is 10.6 Å². The first-order chi connectivity index (χ1) is 11.5. The third-order valence-corrected chi connectivity index (χ3v) is 5.97. The number of benzene rings is 1. The van der Waals surface area contributed by atoms with Crippen LogP contribution in [0.5, 0.6) is 0 Å². The van der Waals surface area contributed by atoms with Crippen LogP contribution in [0, 0.1) is 0 Å². The zero-order chi connectivity index (χ0) is 17.2. The van der Waals surface area contributed by atoms with Crippen LogP contribution in [0.15, 0.2) is 29.2 Å². The molecule has 0 atom stereocenters. The van der Waals surface area contributed by atoms with E-state index < -0.39 is 10.0 Å². The van der Waals surface area contributed by atoms with E-state index in [4.69, 9.17) is 0 Å². The van der Waals surface area contributed by atoms with Gasteiger partial charge in [0, 0.05) is 44.8 Å². The topological polar surface area (TPSA) is 98.8 Å². The van der Waals surface area contributed by atoms with E-state index in [1.165, 1.54) is 12.1 Å². The molecule has 0 bridgehead atoms. The molecule has 0 aromatic heterocycles. The highest BCUT2D eigenvalue weighted by molar-refractivity contribution is 7.89. The summed E-state index contributed by atoms with van der Waals surface area (Å²) in [7, 11) is -3.79. The van der Waals surface area contributed by atoms with Gasteiger partial charge in [0.15, 0.2) is 0 Å². The molecular formula is C15H20N4O4S. The van der Waals surface area contributed by atoms with Crippen molar-refractivity contribution in [3.8, 4) is 0 Å². The quantitative estimate of drug-likeness (QED) is 0.716. The van der Waals surface area contributed by atoms with Crippen LogP contribution in [0.4, 0.5) is 0 Å². The molecule has 0 unspecified atom stereocenters. The molecule has 130 valence electrons. The van der Waals surface area contributed by atoms with Crippen molar-refractivity contribution in [2.24, 2.45) is 0 Å². The van der Waals surface area contributed by atoms with Crippen LogP contribution in [0.25, 0.3) is 0 Å². The number of carbonyl (C=O) groups is 2. The summed E-state index contributed by atoms with van der Waals surface area (Å²) in [5.74, 6) is -0.497. The van der Waals surface area contributed by atoms with Gasteiger partial charge in [-0.2, -0.15) is 4.31 Å². The minimum Gasteiger partial charge on any atom is -0.354 e. The van der Waals surface area contributed by atoms with E-state index in [0.717, 1.165) is 17.4 Å². The fraction of sp³-hybridized carbons (Fsp3) is 0.467. The summed E-state index contributed by atoms with van der Waals surface area (Å²) in [6.45, 7) is 2.98. The van der Waals surface area contributed by atoms with Crippen LogP contribution in [-0.4, -0.2) is 75.3 Å². The van der Waals surface area contributed by atoms with E-state index >= 15 is 0 Å². The van der Waals surface area contributed by atoms with Gasteiger partial charge in [0.1, 0.15) is 0 Å². The van der Waals surface area contributed by atoms with Crippen molar-refractivity contribution < 1.29 is 18.0 Å². The number of rotatable bonds is 3. The predicted octanol–water partition coefficient (Wildman–Crippen LogP) is -1.15. The van der Waals surface area contributed by atoms with Crippen molar-refractivity contribution in [2.45, 2.75) is 4.90 Å². The lowest BCUT2D eigenvalue weighted by atomic mass is 10.2. The highest BCUT2D eigenvalue weighted by Gasteiger charge is 2.30. The number of sulfonamides is 1. The number of piperazine rings is 2. The van der Waals surface area contributed by atoms with Crippen molar-refractivity contribution in [3.63, 3.8) is 0 Å². The second-order valence-corrected chi connectivity index (χ2v) is 7.70. The van der Waals surface area contributed by atoms with Gasteiger partial charge in [-0.3, -0.25) is 9.59 Å². The number of hydrogen-bond donors (Lipinski definition) is 2. The van der Waals surface area contributed by atoms with E-state index in [1.54, 1.807) is 17.0 Å². The number of nitrogens with zero attached hydrogens (tertiary/aromatic N) is 2. The molecule has 2 amide bonds. The maximum absolute atomic E-state index is 12.7. The summed E-state index contributed by atoms with van der Waals surface area (Å²) >= 11 is 0. The van der Waals surface area contributed by atoms with E-state index in [-0.39, 0.29) is 36.3 Å². The van der Waals surface area contributed by atoms with Crippen molar-refractivity contribution >= 4 is 21.8 Å². The van der Waals surface area contributed by atoms with Gasteiger partial charge in [-0.1, -0.05) is 6.07 Å². The zero-order valence-corrected chi connectivity index (χ0v) is 14.0. The van der Waals surface area contributed by atoms with Crippen molar-refractivity contribution in [2.75, 3.05) is 45.8 Å². The second kappa shape index (κ2) is 6.88. The average molecular weight is 352 g/mol. The lowest BCUT2D eigenvalue weighted by Gasteiger charge is -2.28. The van der Waals surface area contributed by atoms with E-state index in [2.05, 4.69) is 10.6 Å². The maximum Gasteiger partial charge on any atom is 0.253 e. The minimum atomic E-state index is -3.79. The first-order valence-electron chi connectivity index (χ1n) is 7.85. The fourth-order valence-electron chi connectivity index (χ4n) is 2.81. The number of nitrogens with one attached hydrogen (secondary N) is 2. The third kappa shape index (κ3) is 3.42. The minimum absolute atomic E-state index is 0.0400. The Hall–Kier alpha value is -1.97. The summed E-state index contributed by atoms with van der Waals surface area (Å²) in [5.41, 5.74) is 0.347. The molecule has 24 heavy (non-hydrogen) atoms. The molecule has 2 saturated heterocycles.